The first-order valence-electron chi connectivity index (χ1n) is 7.90. The fourth-order valence-corrected chi connectivity index (χ4v) is 4.23. The Hall–Kier alpha value is -0.650. The number of carbonyl (C=O) groups is 1. The first-order valence-corrected chi connectivity index (χ1v) is 7.90. The molecule has 1 unspecified atom stereocenters. The normalized spacial score (nSPS) is 44.6. The van der Waals surface area contributed by atoms with Crippen molar-refractivity contribution >= 4 is 5.91 Å². The standard InChI is InChI=1S/C15H24N2O3/c1-16-4-5-20-13-7-17(3-2-10(13)6-16)15(18)14-11-8-19-9-12(11)14/h10-14H,2-9H2,1H3/t10-,11-,12+,13-,14?/m1/s1. The van der Waals surface area contributed by atoms with E-state index >= 15 is 0 Å². The predicted octanol–water partition coefficient (Wildman–Crippen LogP) is 0.0579. The number of piperidine rings is 1. The quantitative estimate of drug-likeness (QED) is 0.681. The molecule has 0 aromatic rings. The van der Waals surface area contributed by atoms with Gasteiger partial charge in [-0.1, -0.05) is 0 Å². The summed E-state index contributed by atoms with van der Waals surface area (Å²) in [4.78, 5) is 17.0. The Morgan fingerprint density at radius 2 is 1.95 bits per heavy atom. The molecule has 0 radical (unpaired) electrons. The molecule has 20 heavy (non-hydrogen) atoms. The summed E-state index contributed by atoms with van der Waals surface area (Å²) in [5.41, 5.74) is 0. The van der Waals surface area contributed by atoms with Crippen LogP contribution in [0.5, 0.6) is 0 Å². The van der Waals surface area contributed by atoms with Gasteiger partial charge in [0.25, 0.3) is 0 Å². The van der Waals surface area contributed by atoms with Crippen molar-refractivity contribution < 1.29 is 14.3 Å². The molecular weight excluding hydrogens is 256 g/mol. The second-order valence-corrected chi connectivity index (χ2v) is 6.90. The number of amides is 1. The largest absolute Gasteiger partial charge is 0.381 e. The maximum Gasteiger partial charge on any atom is 0.226 e. The van der Waals surface area contributed by atoms with Gasteiger partial charge >= 0.3 is 0 Å². The second-order valence-electron chi connectivity index (χ2n) is 6.90. The van der Waals surface area contributed by atoms with Gasteiger partial charge in [0.05, 0.1) is 25.9 Å². The van der Waals surface area contributed by atoms with Gasteiger partial charge in [0, 0.05) is 38.0 Å². The number of carbonyl (C=O) groups excluding carboxylic acids is 1. The van der Waals surface area contributed by atoms with Crippen LogP contribution in [0.1, 0.15) is 6.42 Å². The third kappa shape index (κ3) is 2.16. The molecule has 112 valence electrons. The van der Waals surface area contributed by atoms with Crippen LogP contribution in [0.25, 0.3) is 0 Å². The summed E-state index contributed by atoms with van der Waals surface area (Å²) in [5.74, 6) is 2.24. The van der Waals surface area contributed by atoms with Crippen molar-refractivity contribution in [2.45, 2.75) is 12.5 Å². The number of hydrogen-bond donors (Lipinski definition) is 0. The molecule has 5 heteroatoms. The van der Waals surface area contributed by atoms with E-state index in [0.717, 1.165) is 52.4 Å². The lowest BCUT2D eigenvalue weighted by atomic mass is 9.93. The molecule has 4 fully saturated rings. The molecule has 1 amide bonds. The Kier molecular flexibility index (Phi) is 3.24. The number of rotatable bonds is 1. The van der Waals surface area contributed by atoms with Gasteiger partial charge in [0.2, 0.25) is 5.91 Å². The molecule has 3 heterocycles. The highest BCUT2D eigenvalue weighted by Gasteiger charge is 2.59. The van der Waals surface area contributed by atoms with Gasteiger partial charge < -0.3 is 19.3 Å². The summed E-state index contributed by atoms with van der Waals surface area (Å²) in [7, 11) is 2.16. The monoisotopic (exact) mass is 280 g/mol. The summed E-state index contributed by atoms with van der Waals surface area (Å²) in [6, 6.07) is 0. The average Bonchev–Trinajstić information content (AvgIpc) is 3.00. The molecule has 4 aliphatic rings. The number of likely N-dealkylation sites (N-methyl/N-ethyl adjacent to an activating group) is 1. The first kappa shape index (κ1) is 13.0. The van der Waals surface area contributed by atoms with Gasteiger partial charge in [-0.25, -0.2) is 0 Å². The van der Waals surface area contributed by atoms with Crippen molar-refractivity contribution in [2.75, 3.05) is 53.0 Å². The van der Waals surface area contributed by atoms with E-state index in [9.17, 15) is 4.79 Å². The molecule has 0 N–H and O–H groups in total. The van der Waals surface area contributed by atoms with Crippen LogP contribution in [-0.4, -0.2) is 74.9 Å². The van der Waals surface area contributed by atoms with E-state index in [0.29, 0.717) is 23.7 Å². The second kappa shape index (κ2) is 4.97. The molecule has 3 aliphatic heterocycles. The molecule has 0 aromatic carbocycles. The highest BCUT2D eigenvalue weighted by atomic mass is 16.5. The van der Waals surface area contributed by atoms with E-state index in [1.54, 1.807) is 0 Å². The lowest BCUT2D eigenvalue weighted by molar-refractivity contribution is -0.139. The predicted molar refractivity (Wildman–Crippen MR) is 73.2 cm³/mol. The number of likely N-dealkylation sites (tertiary alicyclic amines) is 1. The Morgan fingerprint density at radius 3 is 2.75 bits per heavy atom. The minimum Gasteiger partial charge on any atom is -0.381 e. The van der Waals surface area contributed by atoms with Gasteiger partial charge in [-0.05, 0) is 25.3 Å². The maximum atomic E-state index is 12.6. The molecule has 5 nitrogen and oxygen atoms in total. The zero-order valence-corrected chi connectivity index (χ0v) is 12.2. The van der Waals surface area contributed by atoms with E-state index in [4.69, 9.17) is 9.47 Å². The number of ether oxygens (including phenoxy) is 2. The van der Waals surface area contributed by atoms with Crippen LogP contribution in [0.2, 0.25) is 0 Å². The molecule has 0 aromatic heterocycles. The van der Waals surface area contributed by atoms with E-state index in [-0.39, 0.29) is 12.0 Å². The number of nitrogens with zero attached hydrogens (tertiary/aromatic N) is 2. The molecular formula is C15H24N2O3. The van der Waals surface area contributed by atoms with E-state index < -0.39 is 0 Å². The van der Waals surface area contributed by atoms with Gasteiger partial charge in [0.15, 0.2) is 0 Å². The molecule has 0 spiro atoms. The van der Waals surface area contributed by atoms with Crippen molar-refractivity contribution in [3.8, 4) is 0 Å². The van der Waals surface area contributed by atoms with Crippen LogP contribution < -0.4 is 0 Å². The summed E-state index contributed by atoms with van der Waals surface area (Å²) in [6.45, 7) is 6.20. The maximum absolute atomic E-state index is 12.6. The molecule has 4 rings (SSSR count). The highest BCUT2D eigenvalue weighted by molar-refractivity contribution is 5.82. The average molecular weight is 280 g/mol. The van der Waals surface area contributed by atoms with Crippen LogP contribution in [0, 0.1) is 23.7 Å². The van der Waals surface area contributed by atoms with Crippen LogP contribution in [0.15, 0.2) is 0 Å². The summed E-state index contributed by atoms with van der Waals surface area (Å²) in [5, 5.41) is 0. The Balaban J connectivity index is 1.38. The van der Waals surface area contributed by atoms with Crippen molar-refractivity contribution in [3.63, 3.8) is 0 Å². The fraction of sp³-hybridized carbons (Fsp3) is 0.933. The minimum absolute atomic E-state index is 0.243. The van der Waals surface area contributed by atoms with Gasteiger partial charge in [-0.2, -0.15) is 0 Å². The summed E-state index contributed by atoms with van der Waals surface area (Å²) < 4.78 is 11.4. The lowest BCUT2D eigenvalue weighted by Gasteiger charge is -2.38. The van der Waals surface area contributed by atoms with Gasteiger partial charge in [-0.15, -0.1) is 0 Å². The third-order valence-electron chi connectivity index (χ3n) is 5.60. The molecule has 1 saturated carbocycles. The Bertz CT molecular complexity index is 393. The van der Waals surface area contributed by atoms with E-state index in [2.05, 4.69) is 16.8 Å². The van der Waals surface area contributed by atoms with Crippen LogP contribution in [-0.2, 0) is 14.3 Å². The fourth-order valence-electron chi connectivity index (χ4n) is 4.23. The highest BCUT2D eigenvalue weighted by Crippen LogP contribution is 2.51. The number of hydrogen-bond acceptors (Lipinski definition) is 4. The Labute approximate surface area is 120 Å². The van der Waals surface area contributed by atoms with Crippen molar-refractivity contribution in [2.24, 2.45) is 23.7 Å². The first-order chi connectivity index (χ1) is 9.74. The van der Waals surface area contributed by atoms with Crippen LogP contribution >= 0.6 is 0 Å². The van der Waals surface area contributed by atoms with Crippen LogP contribution in [0.3, 0.4) is 0 Å². The van der Waals surface area contributed by atoms with Crippen molar-refractivity contribution in [1.29, 1.82) is 0 Å². The van der Waals surface area contributed by atoms with Gasteiger partial charge in [-0.3, -0.25) is 4.79 Å². The molecule has 0 bridgehead atoms. The van der Waals surface area contributed by atoms with E-state index in [1.165, 1.54) is 0 Å². The Morgan fingerprint density at radius 1 is 1.15 bits per heavy atom. The summed E-state index contributed by atoms with van der Waals surface area (Å²) >= 11 is 0. The van der Waals surface area contributed by atoms with E-state index in [1.807, 2.05) is 0 Å². The molecule has 3 saturated heterocycles. The topological polar surface area (TPSA) is 42.0 Å². The van der Waals surface area contributed by atoms with Crippen LogP contribution in [0.4, 0.5) is 0 Å². The van der Waals surface area contributed by atoms with Gasteiger partial charge in [0.1, 0.15) is 0 Å². The molecule has 1 aliphatic carbocycles. The van der Waals surface area contributed by atoms with Crippen molar-refractivity contribution in [3.05, 3.63) is 0 Å². The SMILES string of the molecule is CN1CCO[C@@H]2CN(C(=O)C3[C@H]4COC[C@@H]34)CC[C@@H]2C1. The lowest BCUT2D eigenvalue weighted by Crippen LogP contribution is -2.49. The minimum atomic E-state index is 0.243. The molecule has 5 atom stereocenters. The summed E-state index contributed by atoms with van der Waals surface area (Å²) in [6.07, 6.45) is 1.33. The zero-order valence-electron chi connectivity index (χ0n) is 12.2. The number of fused-ring (bicyclic) bond motifs is 2. The third-order valence-corrected chi connectivity index (χ3v) is 5.60. The van der Waals surface area contributed by atoms with Crippen molar-refractivity contribution in [1.82, 2.24) is 9.80 Å². The zero-order chi connectivity index (χ0) is 13.7. The smallest absolute Gasteiger partial charge is 0.226 e.